The second-order valence-corrected chi connectivity index (χ2v) is 4.45. The molecule has 2 nitrogen and oxygen atoms in total. The average Bonchev–Trinajstić information content (AvgIpc) is 2.39. The van der Waals surface area contributed by atoms with Crippen LogP contribution in [0.5, 0.6) is 0 Å². The SMILES string of the molecule is COC(=O)c1ccc(C2CCCCC2)cc1. The number of esters is 1. The van der Waals surface area contributed by atoms with Crippen LogP contribution in [0.3, 0.4) is 0 Å². The molecule has 0 radical (unpaired) electrons. The van der Waals surface area contributed by atoms with Gasteiger partial charge in [-0.25, -0.2) is 4.79 Å². The van der Waals surface area contributed by atoms with Crippen molar-refractivity contribution in [3.05, 3.63) is 35.4 Å². The highest BCUT2D eigenvalue weighted by molar-refractivity contribution is 5.89. The molecule has 2 rings (SSSR count). The first kappa shape index (κ1) is 11.2. The fourth-order valence-corrected chi connectivity index (χ4v) is 2.45. The largest absolute Gasteiger partial charge is 0.465 e. The zero-order valence-corrected chi connectivity index (χ0v) is 9.74. The molecule has 1 fully saturated rings. The van der Waals surface area contributed by atoms with E-state index in [1.807, 2.05) is 12.1 Å². The first-order valence-corrected chi connectivity index (χ1v) is 5.99. The molecule has 0 aromatic heterocycles. The molecule has 0 N–H and O–H groups in total. The van der Waals surface area contributed by atoms with Crippen molar-refractivity contribution < 1.29 is 9.53 Å². The van der Waals surface area contributed by atoms with Crippen LogP contribution in [0.2, 0.25) is 0 Å². The van der Waals surface area contributed by atoms with Crippen LogP contribution in [0.1, 0.15) is 53.9 Å². The van der Waals surface area contributed by atoms with E-state index in [1.54, 1.807) is 0 Å². The van der Waals surface area contributed by atoms with E-state index in [2.05, 4.69) is 16.9 Å². The van der Waals surface area contributed by atoms with Crippen LogP contribution in [-0.2, 0) is 4.74 Å². The van der Waals surface area contributed by atoms with Crippen LogP contribution in [0.25, 0.3) is 0 Å². The molecule has 1 aromatic carbocycles. The van der Waals surface area contributed by atoms with E-state index in [1.165, 1.54) is 44.8 Å². The second-order valence-electron chi connectivity index (χ2n) is 4.45. The smallest absolute Gasteiger partial charge is 0.337 e. The van der Waals surface area contributed by atoms with Crippen molar-refractivity contribution in [3.8, 4) is 0 Å². The van der Waals surface area contributed by atoms with Crippen molar-refractivity contribution in [2.45, 2.75) is 38.0 Å². The van der Waals surface area contributed by atoms with E-state index in [9.17, 15) is 4.79 Å². The number of carbonyl (C=O) groups is 1. The summed E-state index contributed by atoms with van der Waals surface area (Å²) < 4.78 is 4.68. The Morgan fingerprint density at radius 1 is 1.12 bits per heavy atom. The van der Waals surface area contributed by atoms with Crippen molar-refractivity contribution in [3.63, 3.8) is 0 Å². The molecule has 0 saturated heterocycles. The van der Waals surface area contributed by atoms with Crippen LogP contribution < -0.4 is 0 Å². The van der Waals surface area contributed by atoms with Gasteiger partial charge in [0, 0.05) is 0 Å². The maximum atomic E-state index is 11.3. The molecule has 1 aromatic rings. The Bertz CT molecular complexity index is 348. The van der Waals surface area contributed by atoms with Crippen molar-refractivity contribution in [2.24, 2.45) is 0 Å². The Kier molecular flexibility index (Phi) is 3.60. The molecule has 0 spiro atoms. The third-order valence-corrected chi connectivity index (χ3v) is 3.41. The fraction of sp³-hybridized carbons (Fsp3) is 0.500. The molecule has 2 heteroatoms. The number of methoxy groups -OCH3 is 1. The zero-order valence-electron chi connectivity index (χ0n) is 9.74. The summed E-state index contributed by atoms with van der Waals surface area (Å²) in [6.45, 7) is 0. The molecule has 1 aliphatic carbocycles. The van der Waals surface area contributed by atoms with Crippen LogP contribution >= 0.6 is 0 Å². The molecular formula is C14H18O2. The highest BCUT2D eigenvalue weighted by Gasteiger charge is 2.15. The molecule has 16 heavy (non-hydrogen) atoms. The lowest BCUT2D eigenvalue weighted by atomic mass is 9.84. The third kappa shape index (κ3) is 2.43. The number of benzene rings is 1. The zero-order chi connectivity index (χ0) is 11.4. The van der Waals surface area contributed by atoms with Crippen molar-refractivity contribution in [2.75, 3.05) is 7.11 Å². The number of rotatable bonds is 2. The maximum absolute atomic E-state index is 11.3. The summed E-state index contributed by atoms with van der Waals surface area (Å²) in [5, 5.41) is 0. The van der Waals surface area contributed by atoms with E-state index < -0.39 is 0 Å². The number of ether oxygens (including phenoxy) is 1. The summed E-state index contributed by atoms with van der Waals surface area (Å²) in [7, 11) is 1.41. The standard InChI is InChI=1S/C14H18O2/c1-16-14(15)13-9-7-12(8-10-13)11-5-3-2-4-6-11/h7-11H,2-6H2,1H3. The quantitative estimate of drug-likeness (QED) is 0.710. The summed E-state index contributed by atoms with van der Waals surface area (Å²) in [6, 6.07) is 7.88. The first-order chi connectivity index (χ1) is 7.81. The Labute approximate surface area is 96.6 Å². The lowest BCUT2D eigenvalue weighted by molar-refractivity contribution is 0.0600. The van der Waals surface area contributed by atoms with Gasteiger partial charge in [-0.3, -0.25) is 0 Å². The molecule has 1 saturated carbocycles. The monoisotopic (exact) mass is 218 g/mol. The molecule has 0 amide bonds. The van der Waals surface area contributed by atoms with Crippen LogP contribution in [0.4, 0.5) is 0 Å². The van der Waals surface area contributed by atoms with E-state index in [0.29, 0.717) is 11.5 Å². The van der Waals surface area contributed by atoms with Gasteiger partial charge in [0.25, 0.3) is 0 Å². The lowest BCUT2D eigenvalue weighted by Crippen LogP contribution is -2.05. The Morgan fingerprint density at radius 2 is 1.75 bits per heavy atom. The van der Waals surface area contributed by atoms with E-state index in [-0.39, 0.29) is 5.97 Å². The van der Waals surface area contributed by atoms with Gasteiger partial charge in [0.15, 0.2) is 0 Å². The summed E-state index contributed by atoms with van der Waals surface area (Å²) in [6.07, 6.45) is 6.62. The van der Waals surface area contributed by atoms with E-state index in [4.69, 9.17) is 0 Å². The predicted molar refractivity (Wildman–Crippen MR) is 63.6 cm³/mol. The number of hydrogen-bond donors (Lipinski definition) is 0. The van der Waals surface area contributed by atoms with Gasteiger partial charge >= 0.3 is 5.97 Å². The van der Waals surface area contributed by atoms with E-state index in [0.717, 1.165) is 0 Å². The summed E-state index contributed by atoms with van der Waals surface area (Å²) in [5.74, 6) is 0.440. The molecule has 0 aliphatic heterocycles. The van der Waals surface area contributed by atoms with Gasteiger partial charge in [-0.2, -0.15) is 0 Å². The van der Waals surface area contributed by atoms with Gasteiger partial charge in [-0.15, -0.1) is 0 Å². The summed E-state index contributed by atoms with van der Waals surface area (Å²) in [4.78, 5) is 11.3. The number of hydrogen-bond acceptors (Lipinski definition) is 2. The molecular weight excluding hydrogens is 200 g/mol. The van der Waals surface area contributed by atoms with Crippen molar-refractivity contribution >= 4 is 5.97 Å². The molecule has 86 valence electrons. The van der Waals surface area contributed by atoms with Crippen molar-refractivity contribution in [1.29, 1.82) is 0 Å². The molecule has 1 aliphatic rings. The molecule has 0 bridgehead atoms. The highest BCUT2D eigenvalue weighted by Crippen LogP contribution is 2.32. The van der Waals surface area contributed by atoms with Gasteiger partial charge in [0.05, 0.1) is 12.7 Å². The number of carbonyl (C=O) groups excluding carboxylic acids is 1. The van der Waals surface area contributed by atoms with Gasteiger partial charge in [-0.05, 0) is 36.5 Å². The van der Waals surface area contributed by atoms with E-state index >= 15 is 0 Å². The van der Waals surface area contributed by atoms with Gasteiger partial charge in [-0.1, -0.05) is 31.4 Å². The normalized spacial score (nSPS) is 17.1. The Hall–Kier alpha value is -1.31. The summed E-state index contributed by atoms with van der Waals surface area (Å²) in [5.41, 5.74) is 2.01. The van der Waals surface area contributed by atoms with Gasteiger partial charge < -0.3 is 4.74 Å². The second kappa shape index (κ2) is 5.15. The predicted octanol–water partition coefficient (Wildman–Crippen LogP) is 3.52. The Morgan fingerprint density at radius 3 is 2.31 bits per heavy atom. The van der Waals surface area contributed by atoms with Crippen LogP contribution in [-0.4, -0.2) is 13.1 Å². The average molecular weight is 218 g/mol. The van der Waals surface area contributed by atoms with Crippen molar-refractivity contribution in [1.82, 2.24) is 0 Å². The minimum absolute atomic E-state index is 0.254. The molecule has 0 heterocycles. The maximum Gasteiger partial charge on any atom is 0.337 e. The lowest BCUT2D eigenvalue weighted by Gasteiger charge is -2.21. The van der Waals surface area contributed by atoms with Gasteiger partial charge in [0.2, 0.25) is 0 Å². The van der Waals surface area contributed by atoms with Crippen LogP contribution in [0, 0.1) is 0 Å². The summed E-state index contributed by atoms with van der Waals surface area (Å²) >= 11 is 0. The third-order valence-electron chi connectivity index (χ3n) is 3.41. The molecule has 0 unspecified atom stereocenters. The fourth-order valence-electron chi connectivity index (χ4n) is 2.45. The van der Waals surface area contributed by atoms with Crippen LogP contribution in [0.15, 0.2) is 24.3 Å². The topological polar surface area (TPSA) is 26.3 Å². The first-order valence-electron chi connectivity index (χ1n) is 5.99. The molecule has 0 atom stereocenters. The minimum atomic E-state index is -0.254. The Balaban J connectivity index is 2.09. The highest BCUT2D eigenvalue weighted by atomic mass is 16.5. The minimum Gasteiger partial charge on any atom is -0.465 e. The van der Waals surface area contributed by atoms with Gasteiger partial charge in [0.1, 0.15) is 0 Å².